The normalized spacial score (nSPS) is 15.3. The van der Waals surface area contributed by atoms with Crippen LogP contribution < -0.4 is 10.2 Å². The topological polar surface area (TPSA) is 86.8 Å². The molecule has 4 amide bonds. The molecule has 1 unspecified atom stereocenters. The summed E-state index contributed by atoms with van der Waals surface area (Å²) >= 11 is 0. The lowest BCUT2D eigenvalue weighted by Crippen LogP contribution is -2.46. The Morgan fingerprint density at radius 1 is 0.971 bits per heavy atom. The lowest BCUT2D eigenvalue weighted by atomic mass is 10.1. The largest absolute Gasteiger partial charge is 0.326 e. The van der Waals surface area contributed by atoms with E-state index in [1.807, 2.05) is 30.3 Å². The summed E-state index contributed by atoms with van der Waals surface area (Å²) in [6.07, 6.45) is 0.325. The van der Waals surface area contributed by atoms with Gasteiger partial charge in [0.2, 0.25) is 11.8 Å². The van der Waals surface area contributed by atoms with Crippen molar-refractivity contribution in [3.05, 3.63) is 95.8 Å². The highest BCUT2D eigenvalue weighted by Crippen LogP contribution is 2.28. The minimum absolute atomic E-state index is 0.159. The van der Waals surface area contributed by atoms with E-state index in [2.05, 4.69) is 5.32 Å². The van der Waals surface area contributed by atoms with Crippen LogP contribution in [0.5, 0.6) is 0 Å². The summed E-state index contributed by atoms with van der Waals surface area (Å²) in [4.78, 5) is 53.4. The zero-order valence-corrected chi connectivity index (χ0v) is 19.1. The highest BCUT2D eigenvalue weighted by Gasteiger charge is 2.44. The maximum Gasteiger partial charge on any atom is 0.257 e. The molecule has 0 aliphatic carbocycles. The molecular formula is C27H24FN3O4. The van der Waals surface area contributed by atoms with Gasteiger partial charge in [-0.25, -0.2) is 9.29 Å². The smallest absolute Gasteiger partial charge is 0.257 e. The fourth-order valence-electron chi connectivity index (χ4n) is 4.08. The molecule has 0 saturated carbocycles. The molecule has 1 fully saturated rings. The molecule has 7 nitrogen and oxygen atoms in total. The zero-order chi connectivity index (χ0) is 24.9. The summed E-state index contributed by atoms with van der Waals surface area (Å²) in [5.74, 6) is -2.09. The molecule has 0 aromatic heterocycles. The van der Waals surface area contributed by atoms with E-state index in [0.29, 0.717) is 17.8 Å². The average Bonchev–Trinajstić information content (AvgIpc) is 3.14. The predicted molar refractivity (Wildman–Crippen MR) is 129 cm³/mol. The molecule has 3 aromatic carbocycles. The minimum atomic E-state index is -0.987. The van der Waals surface area contributed by atoms with Crippen molar-refractivity contribution in [2.45, 2.75) is 25.8 Å². The van der Waals surface area contributed by atoms with Crippen LogP contribution in [0.2, 0.25) is 0 Å². The van der Waals surface area contributed by atoms with Crippen LogP contribution in [0, 0.1) is 5.82 Å². The summed E-state index contributed by atoms with van der Waals surface area (Å²) in [6.45, 7) is 1.59. The number of hydrogen-bond acceptors (Lipinski definition) is 4. The van der Waals surface area contributed by atoms with Gasteiger partial charge in [0.15, 0.2) is 0 Å². The van der Waals surface area contributed by atoms with Crippen molar-refractivity contribution < 1.29 is 23.6 Å². The molecule has 35 heavy (non-hydrogen) atoms. The summed E-state index contributed by atoms with van der Waals surface area (Å²) in [5.41, 5.74) is 2.10. The molecule has 0 bridgehead atoms. The highest BCUT2D eigenvalue weighted by atomic mass is 19.1. The van der Waals surface area contributed by atoms with E-state index in [4.69, 9.17) is 0 Å². The number of benzene rings is 3. The molecule has 1 atom stereocenters. The summed E-state index contributed by atoms with van der Waals surface area (Å²) < 4.78 is 13.4. The first-order valence-corrected chi connectivity index (χ1v) is 11.2. The third-order valence-corrected chi connectivity index (χ3v) is 5.78. The first-order valence-electron chi connectivity index (χ1n) is 11.2. The van der Waals surface area contributed by atoms with Crippen LogP contribution in [0.1, 0.15) is 29.3 Å². The number of imide groups is 1. The quantitative estimate of drug-likeness (QED) is 0.529. The van der Waals surface area contributed by atoms with Gasteiger partial charge in [-0.2, -0.15) is 0 Å². The van der Waals surface area contributed by atoms with Crippen LogP contribution in [0.25, 0.3) is 0 Å². The minimum Gasteiger partial charge on any atom is -0.326 e. The van der Waals surface area contributed by atoms with Crippen molar-refractivity contribution in [1.82, 2.24) is 4.90 Å². The Hall–Kier alpha value is -4.33. The Morgan fingerprint density at radius 3 is 2.26 bits per heavy atom. The number of hydrogen-bond donors (Lipinski definition) is 1. The fourth-order valence-corrected chi connectivity index (χ4v) is 4.08. The molecule has 4 rings (SSSR count). The Balaban J connectivity index is 1.60. The van der Waals surface area contributed by atoms with Gasteiger partial charge >= 0.3 is 0 Å². The van der Waals surface area contributed by atoms with Crippen molar-refractivity contribution in [3.63, 3.8) is 0 Å². The van der Waals surface area contributed by atoms with Crippen LogP contribution >= 0.6 is 0 Å². The van der Waals surface area contributed by atoms with Gasteiger partial charge in [0.05, 0.1) is 12.1 Å². The van der Waals surface area contributed by atoms with E-state index in [1.165, 1.54) is 36.1 Å². The first-order chi connectivity index (χ1) is 16.8. The number of nitrogens with one attached hydrogen (secondary N) is 1. The molecule has 1 N–H and O–H groups in total. The highest BCUT2D eigenvalue weighted by molar-refractivity contribution is 6.23. The monoisotopic (exact) mass is 473 g/mol. The van der Waals surface area contributed by atoms with Crippen LogP contribution in [0.3, 0.4) is 0 Å². The maximum atomic E-state index is 13.4. The Labute approximate surface area is 202 Å². The number of rotatable bonds is 7. The molecule has 0 radical (unpaired) electrons. The molecule has 0 spiro atoms. The van der Waals surface area contributed by atoms with Gasteiger partial charge in [0, 0.05) is 24.7 Å². The fraction of sp³-hybridized carbons (Fsp3) is 0.185. The number of amides is 4. The summed E-state index contributed by atoms with van der Waals surface area (Å²) in [5, 5.41) is 2.63. The van der Waals surface area contributed by atoms with E-state index in [1.54, 1.807) is 24.3 Å². The predicted octanol–water partition coefficient (Wildman–Crippen LogP) is 3.80. The van der Waals surface area contributed by atoms with Gasteiger partial charge in [0.1, 0.15) is 11.9 Å². The standard InChI is InChI=1S/C27H24FN3O4/c1-18(32)29-22-11-13-23(14-12-22)31-25(33)17-24(27(31)35)30(16-15-19-5-3-2-4-6-19)26(34)20-7-9-21(28)10-8-20/h2-14,24H,15-17H2,1H3,(H,29,32). The number of nitrogens with zero attached hydrogens (tertiary/aromatic N) is 2. The summed E-state index contributed by atoms with van der Waals surface area (Å²) in [7, 11) is 0. The van der Waals surface area contributed by atoms with Gasteiger partial charge in [-0.15, -0.1) is 0 Å². The van der Waals surface area contributed by atoms with Crippen molar-refractivity contribution in [3.8, 4) is 0 Å². The average molecular weight is 474 g/mol. The van der Waals surface area contributed by atoms with Gasteiger partial charge in [-0.3, -0.25) is 19.2 Å². The third kappa shape index (κ3) is 5.43. The van der Waals surface area contributed by atoms with E-state index >= 15 is 0 Å². The van der Waals surface area contributed by atoms with Crippen molar-refractivity contribution in [2.75, 3.05) is 16.8 Å². The molecule has 1 saturated heterocycles. The molecule has 178 valence electrons. The van der Waals surface area contributed by atoms with Crippen LogP contribution in [-0.4, -0.2) is 41.1 Å². The zero-order valence-electron chi connectivity index (χ0n) is 19.1. The molecule has 1 aliphatic heterocycles. The lowest BCUT2D eigenvalue weighted by molar-refractivity contribution is -0.122. The van der Waals surface area contributed by atoms with Gasteiger partial charge in [-0.1, -0.05) is 30.3 Å². The Morgan fingerprint density at radius 2 is 1.63 bits per heavy atom. The molecule has 1 aliphatic rings. The number of carbonyl (C=O) groups is 4. The van der Waals surface area contributed by atoms with Gasteiger partial charge < -0.3 is 10.2 Å². The van der Waals surface area contributed by atoms with E-state index in [0.717, 1.165) is 10.5 Å². The van der Waals surface area contributed by atoms with Crippen molar-refractivity contribution >= 4 is 35.0 Å². The van der Waals surface area contributed by atoms with E-state index in [-0.39, 0.29) is 24.4 Å². The van der Waals surface area contributed by atoms with Crippen molar-refractivity contribution in [2.24, 2.45) is 0 Å². The molecule has 8 heteroatoms. The van der Waals surface area contributed by atoms with Crippen LogP contribution in [0.15, 0.2) is 78.9 Å². The van der Waals surface area contributed by atoms with Crippen molar-refractivity contribution in [1.29, 1.82) is 0 Å². The van der Waals surface area contributed by atoms with Gasteiger partial charge in [-0.05, 0) is 60.5 Å². The lowest BCUT2D eigenvalue weighted by Gasteiger charge is -2.28. The SMILES string of the molecule is CC(=O)Nc1ccc(N2C(=O)CC(N(CCc3ccccc3)C(=O)c3ccc(F)cc3)C2=O)cc1. The Kier molecular flexibility index (Phi) is 7.01. The number of carbonyl (C=O) groups excluding carboxylic acids is 4. The number of halogens is 1. The maximum absolute atomic E-state index is 13.4. The van der Waals surface area contributed by atoms with E-state index in [9.17, 15) is 23.6 Å². The number of anilines is 2. The second-order valence-electron chi connectivity index (χ2n) is 8.26. The molecular weight excluding hydrogens is 449 g/mol. The van der Waals surface area contributed by atoms with Crippen LogP contribution in [0.4, 0.5) is 15.8 Å². The van der Waals surface area contributed by atoms with E-state index < -0.39 is 29.6 Å². The second-order valence-corrected chi connectivity index (χ2v) is 8.26. The third-order valence-electron chi connectivity index (χ3n) is 5.78. The molecule has 1 heterocycles. The van der Waals surface area contributed by atoms with Gasteiger partial charge in [0.25, 0.3) is 11.8 Å². The Bertz CT molecular complexity index is 1240. The van der Waals surface area contributed by atoms with Crippen LogP contribution in [-0.2, 0) is 20.8 Å². The molecule has 3 aromatic rings. The summed E-state index contributed by atoms with van der Waals surface area (Å²) in [6, 6.07) is 20.0. The second kappa shape index (κ2) is 10.3. The first kappa shape index (κ1) is 23.8.